The minimum Gasteiger partial charge on any atom is -0.496 e. The van der Waals surface area contributed by atoms with Crippen molar-refractivity contribution >= 4 is 6.03 Å². The van der Waals surface area contributed by atoms with Crippen molar-refractivity contribution in [1.29, 1.82) is 0 Å². The average Bonchev–Trinajstić information content (AvgIpc) is 2.62. The summed E-state index contributed by atoms with van der Waals surface area (Å²) >= 11 is 0. The van der Waals surface area contributed by atoms with Gasteiger partial charge in [-0.3, -0.25) is 0 Å². The van der Waals surface area contributed by atoms with Gasteiger partial charge in [-0.25, -0.2) is 4.79 Å². The zero-order chi connectivity index (χ0) is 19.9. The lowest BCUT2D eigenvalue weighted by molar-refractivity contribution is 0.223. The molecule has 2 amide bonds. The third-order valence-corrected chi connectivity index (χ3v) is 4.28. The van der Waals surface area contributed by atoms with Crippen molar-refractivity contribution in [3.63, 3.8) is 0 Å². The first-order chi connectivity index (χ1) is 12.8. The molecule has 0 aromatic heterocycles. The van der Waals surface area contributed by atoms with E-state index in [9.17, 15) is 4.79 Å². The van der Waals surface area contributed by atoms with Crippen molar-refractivity contribution in [3.8, 4) is 11.5 Å². The summed E-state index contributed by atoms with van der Waals surface area (Å²) in [5.41, 5.74) is 3.35. The molecule has 2 N–H and O–H groups in total. The zero-order valence-corrected chi connectivity index (χ0v) is 16.9. The van der Waals surface area contributed by atoms with E-state index in [2.05, 4.69) is 44.4 Å². The molecule has 2 aromatic rings. The highest BCUT2D eigenvalue weighted by atomic mass is 16.5. The van der Waals surface area contributed by atoms with Gasteiger partial charge in [0.15, 0.2) is 6.73 Å². The van der Waals surface area contributed by atoms with E-state index in [1.165, 1.54) is 5.56 Å². The van der Waals surface area contributed by atoms with Crippen LogP contribution in [0.15, 0.2) is 42.5 Å². The minimum atomic E-state index is -0.255. The number of benzene rings is 2. The summed E-state index contributed by atoms with van der Waals surface area (Å²) in [5, 5.41) is 5.57. The fourth-order valence-corrected chi connectivity index (χ4v) is 2.82. The summed E-state index contributed by atoms with van der Waals surface area (Å²) in [7, 11) is 1.65. The summed E-state index contributed by atoms with van der Waals surface area (Å²) in [6.45, 7) is 9.13. The molecule has 0 atom stereocenters. The minimum absolute atomic E-state index is 0.0294. The Morgan fingerprint density at radius 2 is 1.78 bits per heavy atom. The summed E-state index contributed by atoms with van der Waals surface area (Å²) < 4.78 is 11.1. The number of methoxy groups -OCH3 is 1. The second-order valence-corrected chi connectivity index (χ2v) is 7.53. The SMILES string of the molecule is COc1ccccc1CCNC(=O)NCOc1ccc(C)cc1C(C)(C)C. The van der Waals surface area contributed by atoms with E-state index in [1.54, 1.807) is 7.11 Å². The van der Waals surface area contributed by atoms with Crippen LogP contribution in [0, 0.1) is 6.92 Å². The maximum atomic E-state index is 12.0. The van der Waals surface area contributed by atoms with Gasteiger partial charge < -0.3 is 20.1 Å². The van der Waals surface area contributed by atoms with Crippen LogP contribution < -0.4 is 20.1 Å². The number of amides is 2. The van der Waals surface area contributed by atoms with Crippen LogP contribution in [0.2, 0.25) is 0 Å². The highest BCUT2D eigenvalue weighted by Crippen LogP contribution is 2.31. The molecule has 0 unspecified atom stereocenters. The number of urea groups is 1. The number of nitrogens with one attached hydrogen (secondary N) is 2. The third kappa shape index (κ3) is 6.20. The van der Waals surface area contributed by atoms with Crippen LogP contribution in [0.3, 0.4) is 0 Å². The van der Waals surface area contributed by atoms with Crippen LogP contribution in [0.1, 0.15) is 37.5 Å². The summed E-state index contributed by atoms with van der Waals surface area (Å²) in [6, 6.07) is 13.6. The Labute approximate surface area is 162 Å². The number of rotatable bonds is 7. The second kappa shape index (κ2) is 9.31. The highest BCUT2D eigenvalue weighted by Gasteiger charge is 2.19. The van der Waals surface area contributed by atoms with Gasteiger partial charge in [0.25, 0.3) is 0 Å². The lowest BCUT2D eigenvalue weighted by Crippen LogP contribution is -2.38. The molecule has 2 aromatic carbocycles. The van der Waals surface area contributed by atoms with Gasteiger partial charge in [0.05, 0.1) is 7.11 Å². The second-order valence-electron chi connectivity index (χ2n) is 7.53. The molecule has 5 heteroatoms. The molecule has 0 heterocycles. The average molecular weight is 370 g/mol. The topological polar surface area (TPSA) is 59.6 Å². The van der Waals surface area contributed by atoms with E-state index in [4.69, 9.17) is 9.47 Å². The number of carbonyl (C=O) groups excluding carboxylic acids is 1. The molecule has 0 radical (unpaired) electrons. The van der Waals surface area contributed by atoms with Gasteiger partial charge in [-0.05, 0) is 42.0 Å². The molecular weight excluding hydrogens is 340 g/mol. The van der Waals surface area contributed by atoms with E-state index in [0.29, 0.717) is 13.0 Å². The normalized spacial score (nSPS) is 11.0. The van der Waals surface area contributed by atoms with Gasteiger partial charge in [-0.2, -0.15) is 0 Å². The monoisotopic (exact) mass is 370 g/mol. The van der Waals surface area contributed by atoms with Gasteiger partial charge in [-0.15, -0.1) is 0 Å². The first-order valence-electron chi connectivity index (χ1n) is 9.19. The Balaban J connectivity index is 1.80. The van der Waals surface area contributed by atoms with Gasteiger partial charge in [0.1, 0.15) is 11.5 Å². The fraction of sp³-hybridized carbons (Fsp3) is 0.409. The first-order valence-corrected chi connectivity index (χ1v) is 9.19. The van der Waals surface area contributed by atoms with Crippen molar-refractivity contribution in [3.05, 3.63) is 59.2 Å². The van der Waals surface area contributed by atoms with Crippen LogP contribution in [-0.2, 0) is 11.8 Å². The molecule has 0 saturated carbocycles. The molecule has 0 aliphatic heterocycles. The van der Waals surface area contributed by atoms with Crippen molar-refractivity contribution in [2.75, 3.05) is 20.4 Å². The Hall–Kier alpha value is -2.69. The maximum Gasteiger partial charge on any atom is 0.317 e. The molecule has 5 nitrogen and oxygen atoms in total. The zero-order valence-electron chi connectivity index (χ0n) is 16.9. The van der Waals surface area contributed by atoms with Crippen LogP contribution in [-0.4, -0.2) is 26.4 Å². The van der Waals surface area contributed by atoms with Crippen molar-refractivity contribution in [2.45, 2.75) is 39.5 Å². The van der Waals surface area contributed by atoms with Crippen molar-refractivity contribution < 1.29 is 14.3 Å². The van der Waals surface area contributed by atoms with Crippen LogP contribution in [0.5, 0.6) is 11.5 Å². The number of ether oxygens (including phenoxy) is 2. The lowest BCUT2D eigenvalue weighted by atomic mass is 9.85. The molecule has 0 aliphatic carbocycles. The van der Waals surface area contributed by atoms with Crippen LogP contribution in [0.25, 0.3) is 0 Å². The number of carbonyl (C=O) groups is 1. The lowest BCUT2D eigenvalue weighted by Gasteiger charge is -2.23. The number of aryl methyl sites for hydroxylation is 1. The Bertz CT molecular complexity index is 766. The van der Waals surface area contributed by atoms with Gasteiger partial charge in [0, 0.05) is 6.54 Å². The largest absolute Gasteiger partial charge is 0.496 e. The number of hydrogen-bond donors (Lipinski definition) is 2. The van der Waals surface area contributed by atoms with Crippen molar-refractivity contribution in [1.82, 2.24) is 10.6 Å². The third-order valence-electron chi connectivity index (χ3n) is 4.28. The molecule has 27 heavy (non-hydrogen) atoms. The Morgan fingerprint density at radius 3 is 2.48 bits per heavy atom. The molecule has 0 spiro atoms. The molecule has 0 fully saturated rings. The van der Waals surface area contributed by atoms with E-state index in [-0.39, 0.29) is 18.2 Å². The van der Waals surface area contributed by atoms with E-state index in [1.807, 2.05) is 36.4 Å². The quantitative estimate of drug-likeness (QED) is 0.719. The standard InChI is InChI=1S/C22H30N2O3/c1-16-10-11-20(18(14-16)22(2,3)4)27-15-24-21(25)23-13-12-17-8-6-7-9-19(17)26-5/h6-11,14H,12-13,15H2,1-5H3,(H2,23,24,25). The molecule has 146 valence electrons. The number of hydrogen-bond acceptors (Lipinski definition) is 3. The predicted molar refractivity (Wildman–Crippen MR) is 109 cm³/mol. The maximum absolute atomic E-state index is 12.0. The highest BCUT2D eigenvalue weighted by molar-refractivity contribution is 5.73. The van der Waals surface area contributed by atoms with Gasteiger partial charge >= 0.3 is 6.03 Å². The Kier molecular flexibility index (Phi) is 7.11. The van der Waals surface area contributed by atoms with Crippen LogP contribution >= 0.6 is 0 Å². The summed E-state index contributed by atoms with van der Waals surface area (Å²) in [5.74, 6) is 1.62. The fourth-order valence-electron chi connectivity index (χ4n) is 2.82. The van der Waals surface area contributed by atoms with Crippen molar-refractivity contribution in [2.24, 2.45) is 0 Å². The molecule has 0 aliphatic rings. The van der Waals surface area contributed by atoms with Crippen LogP contribution in [0.4, 0.5) is 4.79 Å². The predicted octanol–water partition coefficient (Wildman–Crippen LogP) is 4.18. The smallest absolute Gasteiger partial charge is 0.317 e. The molecule has 2 rings (SSSR count). The van der Waals surface area contributed by atoms with Gasteiger partial charge in [0.2, 0.25) is 0 Å². The summed E-state index contributed by atoms with van der Waals surface area (Å²) in [4.78, 5) is 12.0. The van der Waals surface area contributed by atoms with E-state index < -0.39 is 0 Å². The van der Waals surface area contributed by atoms with E-state index in [0.717, 1.165) is 22.6 Å². The molecule has 0 saturated heterocycles. The number of para-hydroxylation sites is 1. The Morgan fingerprint density at radius 1 is 1.04 bits per heavy atom. The summed E-state index contributed by atoms with van der Waals surface area (Å²) in [6.07, 6.45) is 0.699. The molecular formula is C22H30N2O3. The molecule has 0 bridgehead atoms. The van der Waals surface area contributed by atoms with E-state index >= 15 is 0 Å². The van der Waals surface area contributed by atoms with Gasteiger partial charge in [-0.1, -0.05) is 56.7 Å². The first kappa shape index (κ1) is 20.6.